The molecule has 1 aromatic carbocycles. The molecule has 3 rings (SSSR count). The van der Waals surface area contributed by atoms with Gasteiger partial charge in [-0.1, -0.05) is 24.1 Å². The van der Waals surface area contributed by atoms with Crippen LogP contribution >= 0.6 is 11.6 Å². The van der Waals surface area contributed by atoms with Crippen LogP contribution in [0.4, 0.5) is 4.39 Å². The summed E-state index contributed by atoms with van der Waals surface area (Å²) < 4.78 is 13.1. The molecule has 1 N–H and O–H groups in total. The van der Waals surface area contributed by atoms with E-state index in [1.165, 1.54) is 50.9 Å². The molecule has 2 nitrogen and oxygen atoms in total. The van der Waals surface area contributed by atoms with Crippen LogP contribution in [0.1, 0.15) is 44.2 Å². The zero-order valence-electron chi connectivity index (χ0n) is 11.9. The van der Waals surface area contributed by atoms with Crippen LogP contribution in [0.25, 0.3) is 0 Å². The minimum atomic E-state index is -0.273. The van der Waals surface area contributed by atoms with Gasteiger partial charge in [0.1, 0.15) is 5.82 Å². The summed E-state index contributed by atoms with van der Waals surface area (Å²) in [4.78, 5) is 2.61. The second-order valence-electron chi connectivity index (χ2n) is 6.05. The number of benzene rings is 1. The number of piperidine rings is 1. The minimum absolute atomic E-state index is 0.162. The van der Waals surface area contributed by atoms with Crippen molar-refractivity contribution in [2.75, 3.05) is 13.1 Å². The van der Waals surface area contributed by atoms with Crippen LogP contribution in [0.3, 0.4) is 0 Å². The first-order valence-corrected chi connectivity index (χ1v) is 7.98. The van der Waals surface area contributed by atoms with Gasteiger partial charge in [0.05, 0.1) is 0 Å². The van der Waals surface area contributed by atoms with E-state index in [0.717, 1.165) is 5.56 Å². The molecule has 0 saturated carbocycles. The van der Waals surface area contributed by atoms with E-state index in [-0.39, 0.29) is 11.9 Å². The first-order valence-electron chi connectivity index (χ1n) is 7.60. The molecular weight excluding hydrogens is 275 g/mol. The number of nitrogens with one attached hydrogen (secondary N) is 1. The van der Waals surface area contributed by atoms with E-state index < -0.39 is 0 Å². The average Bonchev–Trinajstić information content (AvgIpc) is 2.82. The molecule has 2 fully saturated rings. The first-order chi connectivity index (χ1) is 9.65. The molecule has 0 bridgehead atoms. The van der Waals surface area contributed by atoms with Crippen molar-refractivity contribution in [2.45, 2.75) is 50.7 Å². The van der Waals surface area contributed by atoms with Gasteiger partial charge >= 0.3 is 0 Å². The summed E-state index contributed by atoms with van der Waals surface area (Å²) in [7, 11) is 0. The average molecular weight is 297 g/mol. The molecule has 0 amide bonds. The molecule has 0 aliphatic carbocycles. The molecule has 110 valence electrons. The van der Waals surface area contributed by atoms with Crippen LogP contribution in [0.2, 0.25) is 5.02 Å². The van der Waals surface area contributed by atoms with Gasteiger partial charge in [0.15, 0.2) is 0 Å². The molecule has 2 saturated heterocycles. The fourth-order valence-electron chi connectivity index (χ4n) is 3.71. The van der Waals surface area contributed by atoms with Crippen LogP contribution in [0, 0.1) is 5.82 Å². The van der Waals surface area contributed by atoms with E-state index in [9.17, 15) is 4.39 Å². The smallest absolute Gasteiger partial charge is 0.124 e. The lowest BCUT2D eigenvalue weighted by molar-refractivity contribution is 0.177. The maximum Gasteiger partial charge on any atom is 0.124 e. The Morgan fingerprint density at radius 1 is 1.30 bits per heavy atom. The van der Waals surface area contributed by atoms with Crippen molar-refractivity contribution in [3.8, 4) is 0 Å². The molecule has 1 aromatic rings. The number of halogens is 2. The standard InChI is InChI=1S/C16H22ClFN2/c1-11(13-6-5-12(18)10-14(13)17)19-15-7-9-20-8-3-2-4-16(15)20/h5-6,10-11,15-16,19H,2-4,7-9H2,1H3. The lowest BCUT2D eigenvalue weighted by atomic mass is 9.97. The Morgan fingerprint density at radius 3 is 2.95 bits per heavy atom. The van der Waals surface area contributed by atoms with Gasteiger partial charge in [-0.3, -0.25) is 4.90 Å². The molecule has 0 spiro atoms. The van der Waals surface area contributed by atoms with Crippen molar-refractivity contribution in [2.24, 2.45) is 0 Å². The number of hydrogen-bond donors (Lipinski definition) is 1. The Hall–Kier alpha value is -0.640. The summed E-state index contributed by atoms with van der Waals surface area (Å²) in [6, 6.07) is 6.05. The fourth-order valence-corrected chi connectivity index (χ4v) is 4.04. The summed E-state index contributed by atoms with van der Waals surface area (Å²) in [6.07, 6.45) is 5.17. The third-order valence-corrected chi connectivity index (χ3v) is 5.08. The highest BCUT2D eigenvalue weighted by Gasteiger charge is 2.36. The molecule has 4 heteroatoms. The SMILES string of the molecule is CC(NC1CCN2CCCCC12)c1ccc(F)cc1Cl. The van der Waals surface area contributed by atoms with Crippen LogP contribution in [0.15, 0.2) is 18.2 Å². The van der Waals surface area contributed by atoms with E-state index in [2.05, 4.69) is 17.1 Å². The quantitative estimate of drug-likeness (QED) is 0.914. The third kappa shape index (κ3) is 2.85. The van der Waals surface area contributed by atoms with Gasteiger partial charge in [0, 0.05) is 29.7 Å². The van der Waals surface area contributed by atoms with Crippen molar-refractivity contribution in [3.63, 3.8) is 0 Å². The molecule has 0 radical (unpaired) electrons. The van der Waals surface area contributed by atoms with E-state index in [4.69, 9.17) is 11.6 Å². The van der Waals surface area contributed by atoms with E-state index in [1.54, 1.807) is 6.07 Å². The summed E-state index contributed by atoms with van der Waals surface area (Å²) in [5.74, 6) is -0.273. The molecule has 0 aromatic heterocycles. The van der Waals surface area contributed by atoms with Crippen molar-refractivity contribution in [1.82, 2.24) is 10.2 Å². The van der Waals surface area contributed by atoms with Crippen LogP contribution in [0.5, 0.6) is 0 Å². The Kier molecular flexibility index (Phi) is 4.29. The normalized spacial score (nSPS) is 28.4. The van der Waals surface area contributed by atoms with Gasteiger partial charge in [-0.2, -0.15) is 0 Å². The highest BCUT2D eigenvalue weighted by molar-refractivity contribution is 6.31. The van der Waals surface area contributed by atoms with E-state index in [0.29, 0.717) is 17.1 Å². The van der Waals surface area contributed by atoms with Gasteiger partial charge in [-0.05, 0) is 50.4 Å². The summed E-state index contributed by atoms with van der Waals surface area (Å²) in [5, 5.41) is 4.22. The van der Waals surface area contributed by atoms with Crippen molar-refractivity contribution in [1.29, 1.82) is 0 Å². The largest absolute Gasteiger partial charge is 0.306 e. The Morgan fingerprint density at radius 2 is 2.15 bits per heavy atom. The first kappa shape index (κ1) is 14.3. The molecular formula is C16H22ClFN2. The Bertz CT molecular complexity index is 480. The fraction of sp³-hybridized carbons (Fsp3) is 0.625. The van der Waals surface area contributed by atoms with Gasteiger partial charge in [-0.25, -0.2) is 4.39 Å². The maximum atomic E-state index is 13.1. The summed E-state index contributed by atoms with van der Waals surface area (Å²) in [5.41, 5.74) is 0.988. The van der Waals surface area contributed by atoms with Crippen LogP contribution < -0.4 is 5.32 Å². The number of nitrogens with zero attached hydrogens (tertiary/aromatic N) is 1. The Balaban J connectivity index is 1.68. The Labute approximate surface area is 125 Å². The molecule has 3 atom stereocenters. The number of hydrogen-bond acceptors (Lipinski definition) is 2. The summed E-state index contributed by atoms with van der Waals surface area (Å²) >= 11 is 6.16. The van der Waals surface area contributed by atoms with E-state index >= 15 is 0 Å². The van der Waals surface area contributed by atoms with Gasteiger partial charge in [-0.15, -0.1) is 0 Å². The zero-order chi connectivity index (χ0) is 14.1. The maximum absolute atomic E-state index is 13.1. The van der Waals surface area contributed by atoms with Crippen molar-refractivity contribution < 1.29 is 4.39 Å². The predicted molar refractivity (Wildman–Crippen MR) is 80.6 cm³/mol. The van der Waals surface area contributed by atoms with Gasteiger partial charge in [0.25, 0.3) is 0 Å². The molecule has 2 heterocycles. The van der Waals surface area contributed by atoms with Gasteiger partial charge < -0.3 is 5.32 Å². The molecule has 20 heavy (non-hydrogen) atoms. The monoisotopic (exact) mass is 296 g/mol. The lowest BCUT2D eigenvalue weighted by Gasteiger charge is -2.34. The lowest BCUT2D eigenvalue weighted by Crippen LogP contribution is -2.45. The molecule has 2 aliphatic rings. The predicted octanol–water partition coefficient (Wildman–Crippen LogP) is 3.76. The van der Waals surface area contributed by atoms with Crippen molar-refractivity contribution >= 4 is 11.6 Å². The second kappa shape index (κ2) is 6.00. The van der Waals surface area contributed by atoms with Crippen LogP contribution in [-0.4, -0.2) is 30.1 Å². The number of fused-ring (bicyclic) bond motifs is 1. The van der Waals surface area contributed by atoms with Gasteiger partial charge in [0.2, 0.25) is 0 Å². The van der Waals surface area contributed by atoms with Crippen molar-refractivity contribution in [3.05, 3.63) is 34.6 Å². The highest BCUT2D eigenvalue weighted by Crippen LogP contribution is 2.30. The minimum Gasteiger partial charge on any atom is -0.306 e. The molecule has 2 aliphatic heterocycles. The second-order valence-corrected chi connectivity index (χ2v) is 6.46. The highest BCUT2D eigenvalue weighted by atomic mass is 35.5. The van der Waals surface area contributed by atoms with E-state index in [1.807, 2.05) is 0 Å². The zero-order valence-corrected chi connectivity index (χ0v) is 12.7. The number of rotatable bonds is 3. The third-order valence-electron chi connectivity index (χ3n) is 4.75. The summed E-state index contributed by atoms with van der Waals surface area (Å²) in [6.45, 7) is 4.56. The molecule has 3 unspecified atom stereocenters. The topological polar surface area (TPSA) is 15.3 Å². The van der Waals surface area contributed by atoms with Crippen LogP contribution in [-0.2, 0) is 0 Å².